The quantitative estimate of drug-likeness (QED) is 0.678. The number of nitrogens with one attached hydrogen (secondary N) is 1. The van der Waals surface area contributed by atoms with Gasteiger partial charge in [0.25, 0.3) is 11.8 Å². The van der Waals surface area contributed by atoms with Gasteiger partial charge in [0.1, 0.15) is 5.82 Å². The number of halogens is 1. The lowest BCUT2D eigenvalue weighted by Gasteiger charge is -2.31. The van der Waals surface area contributed by atoms with Crippen LogP contribution in [0.2, 0.25) is 0 Å². The molecule has 8 heteroatoms. The third-order valence-corrected chi connectivity index (χ3v) is 6.10. The fraction of sp³-hybridized carbons (Fsp3) is 0.400. The molecular formula is C25H28FN3O4. The van der Waals surface area contributed by atoms with Gasteiger partial charge in [-0.25, -0.2) is 4.39 Å². The molecular weight excluding hydrogens is 425 g/mol. The summed E-state index contributed by atoms with van der Waals surface area (Å²) >= 11 is 0. The van der Waals surface area contributed by atoms with E-state index < -0.39 is 23.6 Å². The first-order chi connectivity index (χ1) is 16.0. The van der Waals surface area contributed by atoms with Crippen molar-refractivity contribution < 1.29 is 23.5 Å². The molecule has 2 amide bonds. The summed E-state index contributed by atoms with van der Waals surface area (Å²) in [6.45, 7) is 2.46. The van der Waals surface area contributed by atoms with Crippen LogP contribution in [-0.2, 0) is 14.3 Å². The highest BCUT2D eigenvalue weighted by atomic mass is 19.1. The maximum Gasteiger partial charge on any atom is 0.311 e. The van der Waals surface area contributed by atoms with Crippen LogP contribution in [0, 0.1) is 11.7 Å². The normalized spacial score (nSPS) is 18.2. The number of esters is 1. The summed E-state index contributed by atoms with van der Waals surface area (Å²) in [6.07, 6.45) is 3.64. The number of piperidine rings is 1. The average Bonchev–Trinajstić information content (AvgIpc) is 3.38. The topological polar surface area (TPSA) is 79.0 Å². The van der Waals surface area contributed by atoms with Gasteiger partial charge < -0.3 is 19.9 Å². The molecule has 0 spiro atoms. The first-order valence-electron chi connectivity index (χ1n) is 11.4. The van der Waals surface area contributed by atoms with Gasteiger partial charge in [0.05, 0.1) is 5.92 Å². The first kappa shape index (κ1) is 22.8. The number of ether oxygens (including phenoxy) is 1. The zero-order valence-corrected chi connectivity index (χ0v) is 18.5. The molecule has 0 saturated carbocycles. The Hall–Kier alpha value is -3.42. The van der Waals surface area contributed by atoms with Crippen LogP contribution in [0.3, 0.4) is 0 Å². The first-order valence-corrected chi connectivity index (χ1v) is 11.4. The summed E-state index contributed by atoms with van der Waals surface area (Å²) in [5, 5.41) is 2.74. The molecule has 174 valence electrons. The molecule has 1 unspecified atom stereocenters. The summed E-state index contributed by atoms with van der Waals surface area (Å²) in [5.74, 6) is -2.05. The smallest absolute Gasteiger partial charge is 0.311 e. The van der Waals surface area contributed by atoms with Gasteiger partial charge in [0.15, 0.2) is 6.61 Å². The van der Waals surface area contributed by atoms with Crippen molar-refractivity contribution in [1.29, 1.82) is 0 Å². The van der Waals surface area contributed by atoms with E-state index in [2.05, 4.69) is 10.2 Å². The summed E-state index contributed by atoms with van der Waals surface area (Å²) in [4.78, 5) is 41.3. The molecule has 2 saturated heterocycles. The summed E-state index contributed by atoms with van der Waals surface area (Å²) in [7, 11) is 0. The van der Waals surface area contributed by atoms with Crippen molar-refractivity contribution >= 4 is 29.2 Å². The molecule has 2 heterocycles. The van der Waals surface area contributed by atoms with E-state index in [1.807, 2.05) is 24.3 Å². The molecule has 1 atom stereocenters. The SMILES string of the molecule is O=C(COC(=O)C1CCCN(C(=O)c2ccc(F)cc2)C1)Nc1ccc(N2CCCC2)cc1. The standard InChI is InChI=1S/C25H28FN3O4/c26-20-7-5-18(6-8-20)24(31)29-15-3-4-19(16-29)25(32)33-17-23(30)27-21-9-11-22(12-10-21)28-13-1-2-14-28/h5-12,19H,1-4,13-17H2,(H,27,30). The number of carbonyl (C=O) groups excluding carboxylic acids is 3. The molecule has 2 aliphatic rings. The van der Waals surface area contributed by atoms with Crippen molar-refractivity contribution in [3.8, 4) is 0 Å². The van der Waals surface area contributed by atoms with E-state index in [4.69, 9.17) is 4.74 Å². The summed E-state index contributed by atoms with van der Waals surface area (Å²) in [6, 6.07) is 13.0. The number of benzene rings is 2. The number of nitrogens with zero attached hydrogens (tertiary/aromatic N) is 2. The van der Waals surface area contributed by atoms with Crippen molar-refractivity contribution in [3.05, 3.63) is 59.9 Å². The highest BCUT2D eigenvalue weighted by Crippen LogP contribution is 2.22. The van der Waals surface area contributed by atoms with Crippen LogP contribution in [0.25, 0.3) is 0 Å². The molecule has 0 aliphatic carbocycles. The Morgan fingerprint density at radius 1 is 0.939 bits per heavy atom. The number of anilines is 2. The fourth-order valence-corrected chi connectivity index (χ4v) is 4.31. The highest BCUT2D eigenvalue weighted by molar-refractivity contribution is 5.95. The Balaban J connectivity index is 1.24. The predicted octanol–water partition coefficient (Wildman–Crippen LogP) is 3.46. The molecule has 0 aromatic heterocycles. The second-order valence-corrected chi connectivity index (χ2v) is 8.49. The minimum Gasteiger partial charge on any atom is -0.455 e. The van der Waals surface area contributed by atoms with Crippen molar-refractivity contribution in [1.82, 2.24) is 4.90 Å². The van der Waals surface area contributed by atoms with Crippen LogP contribution in [0.15, 0.2) is 48.5 Å². The van der Waals surface area contributed by atoms with E-state index in [-0.39, 0.29) is 19.1 Å². The molecule has 33 heavy (non-hydrogen) atoms. The third kappa shape index (κ3) is 5.88. The molecule has 4 rings (SSSR count). The van der Waals surface area contributed by atoms with E-state index in [0.717, 1.165) is 18.8 Å². The van der Waals surface area contributed by atoms with Crippen LogP contribution >= 0.6 is 0 Å². The Kier molecular flexibility index (Phi) is 7.22. The number of hydrogen-bond donors (Lipinski definition) is 1. The van der Waals surface area contributed by atoms with E-state index in [9.17, 15) is 18.8 Å². The molecule has 2 aliphatic heterocycles. The Morgan fingerprint density at radius 2 is 1.64 bits per heavy atom. The van der Waals surface area contributed by atoms with Gasteiger partial charge in [-0.05, 0) is 74.2 Å². The number of hydrogen-bond acceptors (Lipinski definition) is 5. The molecule has 2 fully saturated rings. The van der Waals surface area contributed by atoms with Gasteiger partial charge in [-0.1, -0.05) is 0 Å². The number of amides is 2. The molecule has 1 N–H and O–H groups in total. The largest absolute Gasteiger partial charge is 0.455 e. The van der Waals surface area contributed by atoms with Crippen molar-refractivity contribution in [3.63, 3.8) is 0 Å². The van der Waals surface area contributed by atoms with Crippen molar-refractivity contribution in [2.24, 2.45) is 5.92 Å². The lowest BCUT2D eigenvalue weighted by molar-refractivity contribution is -0.152. The van der Waals surface area contributed by atoms with E-state index >= 15 is 0 Å². The number of likely N-dealkylation sites (tertiary alicyclic amines) is 1. The van der Waals surface area contributed by atoms with E-state index in [1.165, 1.54) is 37.1 Å². The van der Waals surface area contributed by atoms with Crippen LogP contribution in [0.1, 0.15) is 36.0 Å². The lowest BCUT2D eigenvalue weighted by atomic mass is 9.97. The fourth-order valence-electron chi connectivity index (χ4n) is 4.31. The summed E-state index contributed by atoms with van der Waals surface area (Å²) < 4.78 is 18.3. The summed E-state index contributed by atoms with van der Waals surface area (Å²) in [5.41, 5.74) is 2.15. The molecule has 7 nitrogen and oxygen atoms in total. The van der Waals surface area contributed by atoms with Gasteiger partial charge in [0, 0.05) is 43.1 Å². The van der Waals surface area contributed by atoms with Crippen molar-refractivity contribution in [2.45, 2.75) is 25.7 Å². The lowest BCUT2D eigenvalue weighted by Crippen LogP contribution is -2.43. The monoisotopic (exact) mass is 453 g/mol. The van der Waals surface area contributed by atoms with Gasteiger partial charge >= 0.3 is 5.97 Å². The number of carbonyl (C=O) groups is 3. The maximum absolute atomic E-state index is 13.1. The predicted molar refractivity (Wildman–Crippen MR) is 123 cm³/mol. The van der Waals surface area contributed by atoms with Crippen LogP contribution in [0.5, 0.6) is 0 Å². The number of rotatable bonds is 6. The Labute approximate surface area is 192 Å². The minimum atomic E-state index is -0.494. The van der Waals surface area contributed by atoms with Crippen LogP contribution < -0.4 is 10.2 Å². The van der Waals surface area contributed by atoms with Gasteiger partial charge in [-0.2, -0.15) is 0 Å². The molecule has 0 radical (unpaired) electrons. The second-order valence-electron chi connectivity index (χ2n) is 8.49. The second kappa shape index (κ2) is 10.5. The van der Waals surface area contributed by atoms with Gasteiger partial charge in [-0.3, -0.25) is 14.4 Å². The van der Waals surface area contributed by atoms with Crippen LogP contribution in [0.4, 0.5) is 15.8 Å². The Morgan fingerprint density at radius 3 is 2.33 bits per heavy atom. The third-order valence-electron chi connectivity index (χ3n) is 6.10. The van der Waals surface area contributed by atoms with E-state index in [0.29, 0.717) is 30.6 Å². The van der Waals surface area contributed by atoms with Crippen molar-refractivity contribution in [2.75, 3.05) is 43.0 Å². The zero-order valence-electron chi connectivity index (χ0n) is 18.5. The molecule has 0 bridgehead atoms. The maximum atomic E-state index is 13.1. The van der Waals surface area contributed by atoms with Gasteiger partial charge in [-0.15, -0.1) is 0 Å². The van der Waals surface area contributed by atoms with Crippen LogP contribution in [-0.4, -0.2) is 55.5 Å². The minimum absolute atomic E-state index is 0.217. The highest BCUT2D eigenvalue weighted by Gasteiger charge is 2.30. The van der Waals surface area contributed by atoms with E-state index in [1.54, 1.807) is 4.90 Å². The molecule has 2 aromatic rings. The average molecular weight is 454 g/mol. The molecule has 2 aromatic carbocycles. The Bertz CT molecular complexity index is 988. The zero-order chi connectivity index (χ0) is 23.2. The van der Waals surface area contributed by atoms with Gasteiger partial charge in [0.2, 0.25) is 0 Å².